The van der Waals surface area contributed by atoms with Crippen LogP contribution < -0.4 is 0 Å². The molecule has 0 atom stereocenters. The molecule has 0 aromatic carbocycles. The van der Waals surface area contributed by atoms with Crippen molar-refractivity contribution in [1.29, 1.82) is 0 Å². The maximum absolute atomic E-state index is 3.42. The fourth-order valence-electron chi connectivity index (χ4n) is 0.875. The van der Waals surface area contributed by atoms with Gasteiger partial charge in [0.05, 0.1) is 0 Å². The van der Waals surface area contributed by atoms with Crippen molar-refractivity contribution in [1.82, 2.24) is 0 Å². The zero-order valence-corrected chi connectivity index (χ0v) is 10.0. The first-order chi connectivity index (χ1) is 4.41. The van der Waals surface area contributed by atoms with E-state index in [1.54, 1.807) is 0 Å². The van der Waals surface area contributed by atoms with Crippen LogP contribution in [0.5, 0.6) is 0 Å². The molecule has 0 nitrogen and oxygen atoms in total. The SMILES string of the molecule is CCCCCCCCBr.[Mg]. The standard InChI is InChI=1S/C8H17Br.Mg/c1-2-3-4-5-6-7-8-9;/h2-8H2,1H3;. The molecule has 0 unspecified atom stereocenters. The van der Waals surface area contributed by atoms with Gasteiger partial charge < -0.3 is 0 Å². The monoisotopic (exact) mass is 216 g/mol. The van der Waals surface area contributed by atoms with E-state index < -0.39 is 0 Å². The first kappa shape index (κ1) is 13.8. The van der Waals surface area contributed by atoms with E-state index in [2.05, 4.69) is 22.9 Å². The quantitative estimate of drug-likeness (QED) is 0.363. The molecule has 58 valence electrons. The van der Waals surface area contributed by atoms with E-state index in [-0.39, 0.29) is 23.1 Å². The second-order valence-electron chi connectivity index (χ2n) is 2.46. The third kappa shape index (κ3) is 12.0. The van der Waals surface area contributed by atoms with Crippen LogP contribution in [0.4, 0.5) is 0 Å². The number of rotatable bonds is 6. The van der Waals surface area contributed by atoms with Crippen LogP contribution in [0.2, 0.25) is 0 Å². The van der Waals surface area contributed by atoms with Gasteiger partial charge in [-0.3, -0.25) is 0 Å². The van der Waals surface area contributed by atoms with Gasteiger partial charge in [0.2, 0.25) is 0 Å². The van der Waals surface area contributed by atoms with Gasteiger partial charge in [0.1, 0.15) is 0 Å². The smallest absolute Gasteiger partial charge is 0.00313 e. The van der Waals surface area contributed by atoms with Crippen LogP contribution in [-0.4, -0.2) is 28.4 Å². The lowest BCUT2D eigenvalue weighted by molar-refractivity contribution is 0.628. The third-order valence-corrected chi connectivity index (χ3v) is 2.05. The number of hydrogen-bond acceptors (Lipinski definition) is 0. The molecule has 0 amide bonds. The third-order valence-electron chi connectivity index (χ3n) is 1.49. The highest BCUT2D eigenvalue weighted by molar-refractivity contribution is 9.09. The number of unbranched alkanes of at least 4 members (excludes halogenated alkanes) is 5. The molecule has 0 saturated carbocycles. The topological polar surface area (TPSA) is 0 Å². The second kappa shape index (κ2) is 12.9. The van der Waals surface area contributed by atoms with E-state index in [0.29, 0.717) is 0 Å². The van der Waals surface area contributed by atoms with Gasteiger partial charge in [-0.25, -0.2) is 0 Å². The maximum atomic E-state index is 3.42. The Hall–Kier alpha value is 1.25. The minimum Gasteiger partial charge on any atom is -0.0928 e. The summed E-state index contributed by atoms with van der Waals surface area (Å²) in [4.78, 5) is 0. The van der Waals surface area contributed by atoms with E-state index in [1.807, 2.05) is 0 Å². The average molecular weight is 217 g/mol. The summed E-state index contributed by atoms with van der Waals surface area (Å²) in [7, 11) is 0. The lowest BCUT2D eigenvalue weighted by atomic mass is 10.1. The number of hydrogen-bond donors (Lipinski definition) is 0. The zero-order chi connectivity index (χ0) is 6.95. The van der Waals surface area contributed by atoms with E-state index in [1.165, 1.54) is 43.9 Å². The molecule has 0 aliphatic heterocycles. The average Bonchev–Trinajstić information content (AvgIpc) is 1.89. The molecule has 0 saturated heterocycles. The Morgan fingerprint density at radius 2 is 1.40 bits per heavy atom. The molecule has 0 heterocycles. The van der Waals surface area contributed by atoms with Crippen molar-refractivity contribution in [2.24, 2.45) is 0 Å². The summed E-state index contributed by atoms with van der Waals surface area (Å²) in [6.45, 7) is 2.25. The zero-order valence-electron chi connectivity index (χ0n) is 7.03. The molecule has 0 aliphatic carbocycles. The Kier molecular flexibility index (Phi) is 17.8. The molecule has 0 rings (SSSR count). The Morgan fingerprint density at radius 3 is 1.90 bits per heavy atom. The van der Waals surface area contributed by atoms with Gasteiger partial charge in [-0.15, -0.1) is 0 Å². The second-order valence-corrected chi connectivity index (χ2v) is 3.25. The van der Waals surface area contributed by atoms with E-state index in [0.717, 1.165) is 0 Å². The summed E-state index contributed by atoms with van der Waals surface area (Å²) in [6.07, 6.45) is 8.40. The number of halogens is 1. The van der Waals surface area contributed by atoms with Crippen LogP contribution in [0.3, 0.4) is 0 Å². The maximum Gasteiger partial charge on any atom is 0.00313 e. The molecular formula is C8H17BrMg. The summed E-state index contributed by atoms with van der Waals surface area (Å²) >= 11 is 3.42. The molecule has 0 aliphatic rings. The fourth-order valence-corrected chi connectivity index (χ4v) is 1.27. The summed E-state index contributed by atoms with van der Waals surface area (Å²) in [6, 6.07) is 0. The van der Waals surface area contributed by atoms with Crippen molar-refractivity contribution >= 4 is 39.0 Å². The van der Waals surface area contributed by atoms with Crippen molar-refractivity contribution in [2.75, 3.05) is 5.33 Å². The van der Waals surface area contributed by atoms with Gasteiger partial charge in [-0.2, -0.15) is 0 Å². The summed E-state index contributed by atoms with van der Waals surface area (Å²) < 4.78 is 0. The first-order valence-corrected chi connectivity index (χ1v) is 5.10. The van der Waals surface area contributed by atoms with E-state index in [9.17, 15) is 0 Å². The Morgan fingerprint density at radius 1 is 0.900 bits per heavy atom. The molecule has 0 aromatic rings. The molecule has 0 bridgehead atoms. The predicted molar refractivity (Wildman–Crippen MR) is 52.9 cm³/mol. The van der Waals surface area contributed by atoms with Gasteiger partial charge >= 0.3 is 0 Å². The molecule has 0 N–H and O–H groups in total. The van der Waals surface area contributed by atoms with Crippen molar-refractivity contribution in [2.45, 2.75) is 45.4 Å². The van der Waals surface area contributed by atoms with Crippen molar-refractivity contribution < 1.29 is 0 Å². The predicted octanol–water partition coefficient (Wildman–Crippen LogP) is 3.36. The molecule has 0 aromatic heterocycles. The first-order valence-electron chi connectivity index (χ1n) is 3.97. The van der Waals surface area contributed by atoms with Crippen LogP contribution in [0.1, 0.15) is 45.4 Å². The highest BCUT2D eigenvalue weighted by Gasteiger charge is 1.86. The van der Waals surface area contributed by atoms with Crippen molar-refractivity contribution in [3.63, 3.8) is 0 Å². The molecule has 10 heavy (non-hydrogen) atoms. The van der Waals surface area contributed by atoms with E-state index >= 15 is 0 Å². The molecular weight excluding hydrogens is 200 g/mol. The van der Waals surface area contributed by atoms with Crippen molar-refractivity contribution in [3.8, 4) is 0 Å². The highest BCUT2D eigenvalue weighted by atomic mass is 79.9. The van der Waals surface area contributed by atoms with Crippen LogP contribution in [0.15, 0.2) is 0 Å². The van der Waals surface area contributed by atoms with Gasteiger partial charge in [0, 0.05) is 28.4 Å². The van der Waals surface area contributed by atoms with Gasteiger partial charge in [-0.1, -0.05) is 55.0 Å². The highest BCUT2D eigenvalue weighted by Crippen LogP contribution is 2.05. The Labute approximate surface area is 89.4 Å². The normalized spacial score (nSPS) is 9.00. The molecule has 0 fully saturated rings. The lowest BCUT2D eigenvalue weighted by Gasteiger charge is -1.95. The van der Waals surface area contributed by atoms with Crippen LogP contribution in [0, 0.1) is 0 Å². The molecule has 2 radical (unpaired) electrons. The summed E-state index contributed by atoms with van der Waals surface area (Å²) in [5.74, 6) is 0. The van der Waals surface area contributed by atoms with Crippen LogP contribution in [-0.2, 0) is 0 Å². The van der Waals surface area contributed by atoms with Gasteiger partial charge in [0.15, 0.2) is 0 Å². The fraction of sp³-hybridized carbons (Fsp3) is 1.00. The van der Waals surface area contributed by atoms with Gasteiger partial charge in [0.25, 0.3) is 0 Å². The summed E-state index contributed by atoms with van der Waals surface area (Å²) in [5.41, 5.74) is 0. The van der Waals surface area contributed by atoms with Gasteiger partial charge in [-0.05, 0) is 6.42 Å². The Bertz CT molecular complexity index is 42.5. The lowest BCUT2D eigenvalue weighted by Crippen LogP contribution is -1.78. The van der Waals surface area contributed by atoms with Crippen LogP contribution in [0.25, 0.3) is 0 Å². The van der Waals surface area contributed by atoms with E-state index in [4.69, 9.17) is 0 Å². The number of alkyl halides is 1. The molecule has 0 spiro atoms. The van der Waals surface area contributed by atoms with Crippen LogP contribution >= 0.6 is 15.9 Å². The largest absolute Gasteiger partial charge is 0.0928 e. The Balaban J connectivity index is 0. The molecule has 2 heteroatoms. The minimum absolute atomic E-state index is 0. The summed E-state index contributed by atoms with van der Waals surface area (Å²) in [5, 5.41) is 1.18. The van der Waals surface area contributed by atoms with Crippen molar-refractivity contribution in [3.05, 3.63) is 0 Å². The minimum atomic E-state index is 0.